The van der Waals surface area contributed by atoms with Gasteiger partial charge >= 0.3 is 0 Å². The molecule has 1 aliphatic heterocycles. The highest BCUT2D eigenvalue weighted by Crippen LogP contribution is 2.36. The predicted molar refractivity (Wildman–Crippen MR) is 61.8 cm³/mol. The maximum atomic E-state index is 10.7. The van der Waals surface area contributed by atoms with E-state index in [0.717, 1.165) is 0 Å². The quantitative estimate of drug-likeness (QED) is 0.640. The van der Waals surface area contributed by atoms with Gasteiger partial charge in [-0.3, -0.25) is 10.1 Å². The molecule has 0 aromatic heterocycles. The molecule has 1 heterocycles. The average Bonchev–Trinajstić information content (AvgIpc) is 2.87. The Morgan fingerprint density at radius 3 is 2.83 bits per heavy atom. The smallest absolute Gasteiger partial charge is 0.273 e. The van der Waals surface area contributed by atoms with Crippen LogP contribution in [0.25, 0.3) is 0 Å². The summed E-state index contributed by atoms with van der Waals surface area (Å²) in [7, 11) is 1.39. The lowest BCUT2D eigenvalue weighted by Gasteiger charge is -2.20. The van der Waals surface area contributed by atoms with Crippen LogP contribution in [-0.2, 0) is 5.54 Å². The number of aliphatic hydroxyl groups is 1. The molecule has 1 atom stereocenters. The molecule has 1 aliphatic rings. The zero-order valence-corrected chi connectivity index (χ0v) is 9.48. The normalized spacial score (nSPS) is 21.2. The second-order valence-electron chi connectivity index (χ2n) is 3.66. The first kappa shape index (κ1) is 12.1. The van der Waals surface area contributed by atoms with E-state index in [1.165, 1.54) is 31.5 Å². The number of nitro groups is 1. The van der Waals surface area contributed by atoms with E-state index in [1.807, 2.05) is 0 Å². The van der Waals surface area contributed by atoms with Crippen LogP contribution in [0.3, 0.4) is 0 Å². The SMILES string of the molecule is COc1cc([N+](=O)[O-])ccc1C1(CO)C=NN=N1. The Balaban J connectivity index is 2.54. The number of methoxy groups -OCH3 is 1. The number of nitrogens with zero attached hydrogens (tertiary/aromatic N) is 4. The Morgan fingerprint density at radius 2 is 2.33 bits per heavy atom. The van der Waals surface area contributed by atoms with Crippen molar-refractivity contribution in [2.75, 3.05) is 13.7 Å². The highest BCUT2D eigenvalue weighted by molar-refractivity contribution is 5.76. The van der Waals surface area contributed by atoms with E-state index in [9.17, 15) is 15.2 Å². The molecule has 0 bridgehead atoms. The summed E-state index contributed by atoms with van der Waals surface area (Å²) in [5.74, 6) is 0.255. The van der Waals surface area contributed by atoms with E-state index in [1.54, 1.807) is 0 Å². The molecule has 0 radical (unpaired) electrons. The van der Waals surface area contributed by atoms with Crippen LogP contribution in [0.15, 0.2) is 33.6 Å². The maximum Gasteiger partial charge on any atom is 0.273 e. The summed E-state index contributed by atoms with van der Waals surface area (Å²) in [6.45, 7) is -0.353. The molecule has 1 unspecified atom stereocenters. The number of non-ortho nitro benzene ring substituents is 1. The summed E-state index contributed by atoms with van der Waals surface area (Å²) in [4.78, 5) is 10.2. The van der Waals surface area contributed by atoms with Crippen molar-refractivity contribution >= 4 is 11.9 Å². The van der Waals surface area contributed by atoms with Crippen molar-refractivity contribution in [1.29, 1.82) is 0 Å². The number of benzene rings is 1. The highest BCUT2D eigenvalue weighted by atomic mass is 16.6. The molecule has 1 aromatic rings. The van der Waals surface area contributed by atoms with Crippen molar-refractivity contribution in [3.63, 3.8) is 0 Å². The maximum absolute atomic E-state index is 10.7. The van der Waals surface area contributed by atoms with E-state index < -0.39 is 10.5 Å². The lowest BCUT2D eigenvalue weighted by molar-refractivity contribution is -0.384. The standard InChI is InChI=1S/C10H10N4O4/c1-18-9-4-7(14(16)17)2-3-8(9)10(6-15)5-11-13-12-10/h2-5,15H,6H2,1H3. The van der Waals surface area contributed by atoms with Crippen LogP contribution >= 0.6 is 0 Å². The van der Waals surface area contributed by atoms with Gasteiger partial charge in [0.15, 0.2) is 5.54 Å². The van der Waals surface area contributed by atoms with Gasteiger partial charge in [0.1, 0.15) is 5.75 Å². The highest BCUT2D eigenvalue weighted by Gasteiger charge is 2.36. The number of rotatable bonds is 4. The van der Waals surface area contributed by atoms with Gasteiger partial charge in [0, 0.05) is 11.6 Å². The summed E-state index contributed by atoms with van der Waals surface area (Å²) in [6.07, 6.45) is 1.37. The Hall–Kier alpha value is -2.35. The summed E-state index contributed by atoms with van der Waals surface area (Å²) in [6, 6.07) is 4.06. The minimum absolute atomic E-state index is 0.101. The van der Waals surface area contributed by atoms with Crippen LogP contribution in [0.4, 0.5) is 5.69 Å². The molecule has 2 rings (SSSR count). The third-order valence-electron chi connectivity index (χ3n) is 2.65. The average molecular weight is 250 g/mol. The molecule has 8 heteroatoms. The van der Waals surface area contributed by atoms with E-state index in [0.29, 0.717) is 5.56 Å². The third-order valence-corrected chi connectivity index (χ3v) is 2.65. The lowest BCUT2D eigenvalue weighted by atomic mass is 9.92. The van der Waals surface area contributed by atoms with Crippen LogP contribution in [-0.4, -0.2) is 30.0 Å². The Kier molecular flexibility index (Phi) is 3.02. The van der Waals surface area contributed by atoms with Crippen LogP contribution in [0.1, 0.15) is 5.56 Å². The Labute approximate surface area is 102 Å². The second-order valence-corrected chi connectivity index (χ2v) is 3.66. The minimum Gasteiger partial charge on any atom is -0.496 e. The Morgan fingerprint density at radius 1 is 1.56 bits per heavy atom. The van der Waals surface area contributed by atoms with Crippen molar-refractivity contribution in [2.45, 2.75) is 5.54 Å². The van der Waals surface area contributed by atoms with E-state index in [4.69, 9.17) is 4.74 Å². The number of aliphatic hydroxyl groups excluding tert-OH is 1. The van der Waals surface area contributed by atoms with Crippen molar-refractivity contribution < 1.29 is 14.8 Å². The van der Waals surface area contributed by atoms with Crippen LogP contribution in [0.5, 0.6) is 5.75 Å². The van der Waals surface area contributed by atoms with Gasteiger partial charge < -0.3 is 9.84 Å². The first-order chi connectivity index (χ1) is 8.63. The zero-order chi connectivity index (χ0) is 13.2. The number of nitro benzene ring substituents is 1. The Bertz CT molecular complexity index is 529. The van der Waals surface area contributed by atoms with Gasteiger partial charge in [0.2, 0.25) is 0 Å². The van der Waals surface area contributed by atoms with Gasteiger partial charge in [-0.15, -0.1) is 10.2 Å². The first-order valence-electron chi connectivity index (χ1n) is 5.03. The van der Waals surface area contributed by atoms with E-state index >= 15 is 0 Å². The van der Waals surface area contributed by atoms with Crippen molar-refractivity contribution in [2.24, 2.45) is 15.4 Å². The molecule has 1 N–H and O–H groups in total. The molecule has 0 spiro atoms. The van der Waals surface area contributed by atoms with Crippen LogP contribution in [0.2, 0.25) is 0 Å². The predicted octanol–water partition coefficient (Wildman–Crippen LogP) is 1.24. The molecule has 0 saturated heterocycles. The largest absolute Gasteiger partial charge is 0.496 e. The van der Waals surface area contributed by atoms with Crippen LogP contribution < -0.4 is 4.74 Å². The molecular weight excluding hydrogens is 240 g/mol. The van der Waals surface area contributed by atoms with Crippen molar-refractivity contribution in [3.8, 4) is 5.75 Å². The van der Waals surface area contributed by atoms with Gasteiger partial charge in [-0.05, 0) is 11.3 Å². The molecule has 8 nitrogen and oxygen atoms in total. The van der Waals surface area contributed by atoms with Gasteiger partial charge in [-0.2, -0.15) is 0 Å². The molecule has 0 fully saturated rings. The molecular formula is C10H10N4O4. The van der Waals surface area contributed by atoms with Gasteiger partial charge in [-0.1, -0.05) is 0 Å². The van der Waals surface area contributed by atoms with Crippen molar-refractivity contribution in [1.82, 2.24) is 0 Å². The first-order valence-corrected chi connectivity index (χ1v) is 5.03. The minimum atomic E-state index is -1.12. The van der Waals surface area contributed by atoms with Crippen molar-refractivity contribution in [3.05, 3.63) is 33.9 Å². The van der Waals surface area contributed by atoms with E-state index in [2.05, 4.69) is 15.4 Å². The number of ether oxygens (including phenoxy) is 1. The number of hydrogen-bond acceptors (Lipinski definition) is 7. The molecule has 0 aliphatic carbocycles. The van der Waals surface area contributed by atoms with Gasteiger partial charge in [0.05, 0.1) is 30.9 Å². The fraction of sp³-hybridized carbons (Fsp3) is 0.300. The zero-order valence-electron chi connectivity index (χ0n) is 9.48. The molecule has 0 amide bonds. The molecule has 0 saturated carbocycles. The monoisotopic (exact) mass is 250 g/mol. The topological polar surface area (TPSA) is 110 Å². The van der Waals surface area contributed by atoms with Gasteiger partial charge in [0.25, 0.3) is 5.69 Å². The van der Waals surface area contributed by atoms with Gasteiger partial charge in [-0.25, -0.2) is 0 Å². The number of hydrogen-bond donors (Lipinski definition) is 1. The summed E-state index contributed by atoms with van der Waals surface area (Å²) >= 11 is 0. The fourth-order valence-electron chi connectivity index (χ4n) is 1.68. The summed E-state index contributed by atoms with van der Waals surface area (Å²) in [5, 5.41) is 31.0. The summed E-state index contributed by atoms with van der Waals surface area (Å²) in [5.41, 5.74) is -0.751. The fourth-order valence-corrected chi connectivity index (χ4v) is 1.68. The molecule has 1 aromatic carbocycles. The lowest BCUT2D eigenvalue weighted by Crippen LogP contribution is -2.28. The van der Waals surface area contributed by atoms with E-state index in [-0.39, 0.29) is 18.0 Å². The third kappa shape index (κ3) is 1.82. The van der Waals surface area contributed by atoms with Crippen LogP contribution in [0, 0.1) is 10.1 Å². The summed E-state index contributed by atoms with van der Waals surface area (Å²) < 4.78 is 5.10. The molecule has 18 heavy (non-hydrogen) atoms. The second kappa shape index (κ2) is 4.49. The molecule has 94 valence electrons.